The first-order chi connectivity index (χ1) is 15.5. The minimum atomic E-state index is -0.336. The Kier molecular flexibility index (Phi) is 6.08. The monoisotopic (exact) mass is 426 g/mol. The van der Waals surface area contributed by atoms with Gasteiger partial charge in [-0.3, -0.25) is 9.59 Å². The van der Waals surface area contributed by atoms with E-state index >= 15 is 0 Å². The van der Waals surface area contributed by atoms with Crippen LogP contribution in [0.15, 0.2) is 84.6 Å². The number of benzene rings is 3. The van der Waals surface area contributed by atoms with Gasteiger partial charge in [0, 0.05) is 12.7 Å². The number of imide groups is 1. The number of hydrogen-bond acceptors (Lipinski definition) is 4. The Morgan fingerprint density at radius 3 is 2.16 bits per heavy atom. The van der Waals surface area contributed by atoms with Crippen LogP contribution in [0.1, 0.15) is 24.5 Å². The Balaban J connectivity index is 1.82. The molecule has 2 amide bonds. The van der Waals surface area contributed by atoms with Gasteiger partial charge in [0.15, 0.2) is 0 Å². The minimum absolute atomic E-state index is 0.329. The lowest BCUT2D eigenvalue weighted by Gasteiger charge is -2.22. The highest BCUT2D eigenvalue weighted by Crippen LogP contribution is 2.37. The van der Waals surface area contributed by atoms with Crippen LogP contribution in [0.3, 0.4) is 0 Å². The normalized spacial score (nSPS) is 13.7. The largest absolute Gasteiger partial charge is 0.494 e. The predicted molar refractivity (Wildman–Crippen MR) is 128 cm³/mol. The second-order valence-electron chi connectivity index (χ2n) is 7.72. The first-order valence-electron chi connectivity index (χ1n) is 10.7. The van der Waals surface area contributed by atoms with Gasteiger partial charge in [-0.05, 0) is 54.8 Å². The van der Waals surface area contributed by atoms with Crippen LogP contribution in [0.2, 0.25) is 0 Å². The topological polar surface area (TPSA) is 49.9 Å². The fourth-order valence-electron chi connectivity index (χ4n) is 3.84. The van der Waals surface area contributed by atoms with Crippen molar-refractivity contribution >= 4 is 28.8 Å². The van der Waals surface area contributed by atoms with E-state index in [4.69, 9.17) is 4.74 Å². The molecule has 162 valence electrons. The highest BCUT2D eigenvalue weighted by molar-refractivity contribution is 6.46. The Morgan fingerprint density at radius 2 is 1.50 bits per heavy atom. The van der Waals surface area contributed by atoms with Crippen molar-refractivity contribution in [3.05, 3.63) is 95.7 Å². The van der Waals surface area contributed by atoms with E-state index in [9.17, 15) is 9.59 Å². The Bertz CT molecular complexity index is 1170. The number of ether oxygens (including phenoxy) is 1. The minimum Gasteiger partial charge on any atom is -0.494 e. The average molecular weight is 427 g/mol. The predicted octanol–water partition coefficient (Wildman–Crippen LogP) is 5.20. The molecule has 1 aliphatic rings. The van der Waals surface area contributed by atoms with Gasteiger partial charge < -0.3 is 9.64 Å². The molecule has 3 aromatic carbocycles. The summed E-state index contributed by atoms with van der Waals surface area (Å²) in [7, 11) is 1.82. The zero-order chi connectivity index (χ0) is 22.7. The fraction of sp³-hybridized carbons (Fsp3) is 0.185. The number of likely N-dealkylation sites (N-methyl/N-ethyl adjacent to an activating group) is 1. The van der Waals surface area contributed by atoms with Crippen LogP contribution < -0.4 is 14.5 Å². The van der Waals surface area contributed by atoms with Crippen molar-refractivity contribution in [3.63, 3.8) is 0 Å². The van der Waals surface area contributed by atoms with Crippen molar-refractivity contribution in [1.82, 2.24) is 0 Å². The van der Waals surface area contributed by atoms with Crippen LogP contribution in [0.4, 0.5) is 11.4 Å². The molecular weight excluding hydrogens is 400 g/mol. The maximum Gasteiger partial charge on any atom is 0.282 e. The van der Waals surface area contributed by atoms with E-state index < -0.39 is 0 Å². The highest BCUT2D eigenvalue weighted by Gasteiger charge is 2.42. The van der Waals surface area contributed by atoms with Gasteiger partial charge in [0.25, 0.3) is 11.8 Å². The van der Waals surface area contributed by atoms with Gasteiger partial charge in [-0.25, -0.2) is 4.90 Å². The van der Waals surface area contributed by atoms with Gasteiger partial charge in [-0.2, -0.15) is 0 Å². The number of nitrogens with zero attached hydrogens (tertiary/aromatic N) is 2. The van der Waals surface area contributed by atoms with E-state index in [1.54, 1.807) is 11.0 Å². The Labute approximate surface area is 188 Å². The van der Waals surface area contributed by atoms with Gasteiger partial charge in [0.2, 0.25) is 0 Å². The van der Waals surface area contributed by atoms with Crippen molar-refractivity contribution in [2.45, 2.75) is 20.3 Å². The molecule has 5 nitrogen and oxygen atoms in total. The first-order valence-corrected chi connectivity index (χ1v) is 10.7. The molecule has 0 saturated heterocycles. The van der Waals surface area contributed by atoms with Crippen LogP contribution in [0.25, 0.3) is 5.57 Å². The summed E-state index contributed by atoms with van der Waals surface area (Å²) in [5.41, 5.74) is 3.70. The third kappa shape index (κ3) is 3.89. The molecule has 0 aliphatic carbocycles. The van der Waals surface area contributed by atoms with Gasteiger partial charge >= 0.3 is 0 Å². The lowest BCUT2D eigenvalue weighted by molar-refractivity contribution is -0.120. The third-order valence-electron chi connectivity index (χ3n) is 5.51. The second-order valence-corrected chi connectivity index (χ2v) is 7.72. The van der Waals surface area contributed by atoms with Crippen molar-refractivity contribution in [2.24, 2.45) is 0 Å². The molecule has 0 radical (unpaired) electrons. The van der Waals surface area contributed by atoms with Crippen LogP contribution in [-0.4, -0.2) is 25.5 Å². The molecule has 0 spiro atoms. The molecule has 4 rings (SSSR count). The van der Waals surface area contributed by atoms with Crippen LogP contribution >= 0.6 is 0 Å². The standard InChI is InChI=1S/C27H26N2O3/c1-4-18-32-22-16-14-20(15-17-22)24-25(28(3)21-11-6-5-7-12-21)27(31)29(26(24)30)23-13-9-8-10-19(23)2/h5-17H,4,18H2,1-3H3. The number of carbonyl (C=O) groups excluding carboxylic acids is 2. The van der Waals surface area contributed by atoms with Crippen molar-refractivity contribution in [1.29, 1.82) is 0 Å². The molecule has 1 aliphatic heterocycles. The molecule has 32 heavy (non-hydrogen) atoms. The number of carbonyl (C=O) groups is 2. The zero-order valence-corrected chi connectivity index (χ0v) is 18.5. The second kappa shape index (κ2) is 9.10. The maximum absolute atomic E-state index is 13.7. The average Bonchev–Trinajstić information content (AvgIpc) is 3.08. The lowest BCUT2D eigenvalue weighted by Crippen LogP contribution is -2.34. The smallest absolute Gasteiger partial charge is 0.282 e. The molecule has 1 heterocycles. The van der Waals surface area contributed by atoms with Gasteiger partial charge in [0.1, 0.15) is 11.4 Å². The number of aryl methyl sites for hydroxylation is 1. The number of amides is 2. The quantitative estimate of drug-likeness (QED) is 0.487. The van der Waals surface area contributed by atoms with Crippen LogP contribution in [0, 0.1) is 6.92 Å². The van der Waals surface area contributed by atoms with E-state index in [2.05, 4.69) is 0 Å². The summed E-state index contributed by atoms with van der Waals surface area (Å²) in [6, 6.07) is 24.4. The number of rotatable bonds is 7. The van der Waals surface area contributed by atoms with Gasteiger partial charge in [-0.15, -0.1) is 0 Å². The van der Waals surface area contributed by atoms with Crippen molar-refractivity contribution in [2.75, 3.05) is 23.5 Å². The van der Waals surface area contributed by atoms with E-state index in [0.717, 1.165) is 23.4 Å². The molecule has 0 bridgehead atoms. The van der Waals surface area contributed by atoms with Crippen LogP contribution in [0.5, 0.6) is 5.75 Å². The number of para-hydroxylation sites is 2. The van der Waals surface area contributed by atoms with E-state index in [1.807, 2.05) is 93.7 Å². The summed E-state index contributed by atoms with van der Waals surface area (Å²) >= 11 is 0. The SMILES string of the molecule is CCCOc1ccc(C2=C(N(C)c3ccccc3)C(=O)N(c3ccccc3C)C2=O)cc1. The van der Waals surface area contributed by atoms with Gasteiger partial charge in [0.05, 0.1) is 17.9 Å². The molecule has 0 fully saturated rings. The van der Waals surface area contributed by atoms with Crippen molar-refractivity contribution < 1.29 is 14.3 Å². The first kappa shape index (κ1) is 21.4. The van der Waals surface area contributed by atoms with E-state index in [-0.39, 0.29) is 11.8 Å². The molecular formula is C27H26N2O3. The van der Waals surface area contributed by atoms with Crippen LogP contribution in [-0.2, 0) is 9.59 Å². The summed E-state index contributed by atoms with van der Waals surface area (Å²) in [6.07, 6.45) is 0.914. The summed E-state index contributed by atoms with van der Waals surface area (Å²) in [5, 5.41) is 0. The molecule has 3 aromatic rings. The van der Waals surface area contributed by atoms with E-state index in [1.165, 1.54) is 4.90 Å². The summed E-state index contributed by atoms with van der Waals surface area (Å²) < 4.78 is 5.68. The summed E-state index contributed by atoms with van der Waals surface area (Å²) in [4.78, 5) is 30.4. The molecule has 0 aromatic heterocycles. The Hall–Kier alpha value is -3.86. The lowest BCUT2D eigenvalue weighted by atomic mass is 10.0. The zero-order valence-electron chi connectivity index (χ0n) is 18.5. The van der Waals surface area contributed by atoms with Crippen molar-refractivity contribution in [3.8, 4) is 5.75 Å². The summed E-state index contributed by atoms with van der Waals surface area (Å²) in [6.45, 7) is 4.57. The summed E-state index contributed by atoms with van der Waals surface area (Å²) in [5.74, 6) is 0.0722. The third-order valence-corrected chi connectivity index (χ3v) is 5.51. The molecule has 5 heteroatoms. The Morgan fingerprint density at radius 1 is 0.844 bits per heavy atom. The number of hydrogen-bond donors (Lipinski definition) is 0. The number of anilines is 2. The molecule has 0 unspecified atom stereocenters. The fourth-order valence-corrected chi connectivity index (χ4v) is 3.84. The molecule has 0 N–H and O–H groups in total. The van der Waals surface area contributed by atoms with E-state index in [0.29, 0.717) is 29.1 Å². The molecule has 0 saturated carbocycles. The molecule has 0 atom stereocenters. The maximum atomic E-state index is 13.7. The highest BCUT2D eigenvalue weighted by atomic mass is 16.5. The van der Waals surface area contributed by atoms with Gasteiger partial charge in [-0.1, -0.05) is 55.5 Å².